The number of aliphatic hydroxyl groups excluding tert-OH is 1. The molecule has 0 spiro atoms. The second-order valence-electron chi connectivity index (χ2n) is 4.05. The largest absolute Gasteiger partial charge is 0.392 e. The molecule has 1 rings (SSSR count). The van der Waals surface area contributed by atoms with E-state index in [1.54, 1.807) is 0 Å². The lowest BCUT2D eigenvalue weighted by Crippen LogP contribution is -2.31. The molecule has 3 heteroatoms. The minimum absolute atomic E-state index is 0.267. The molecule has 3 N–H and O–H groups in total. The van der Waals surface area contributed by atoms with Gasteiger partial charge in [0.1, 0.15) is 0 Å². The molecule has 0 aromatic rings. The van der Waals surface area contributed by atoms with Crippen LogP contribution in [0.15, 0.2) is 0 Å². The van der Waals surface area contributed by atoms with Crippen molar-refractivity contribution in [1.82, 2.24) is 0 Å². The molecule has 74 valence electrons. The summed E-state index contributed by atoms with van der Waals surface area (Å²) in [7, 11) is 0. The van der Waals surface area contributed by atoms with E-state index in [4.69, 9.17) is 11.0 Å². The average Bonchev–Trinajstić information content (AvgIpc) is 2.19. The van der Waals surface area contributed by atoms with Crippen LogP contribution in [0.3, 0.4) is 0 Å². The van der Waals surface area contributed by atoms with Crippen LogP contribution in [0.1, 0.15) is 38.5 Å². The molecule has 0 radical (unpaired) electrons. The van der Waals surface area contributed by atoms with Crippen LogP contribution in [-0.2, 0) is 0 Å². The van der Waals surface area contributed by atoms with Gasteiger partial charge in [0.25, 0.3) is 0 Å². The molecular weight excluding hydrogens is 164 g/mol. The summed E-state index contributed by atoms with van der Waals surface area (Å²) in [6.07, 6.45) is 5.37. The molecule has 1 saturated carbocycles. The van der Waals surface area contributed by atoms with E-state index >= 15 is 0 Å². The van der Waals surface area contributed by atoms with Gasteiger partial charge in [0.2, 0.25) is 0 Å². The normalized spacial score (nSPS) is 23.5. The molecular formula is C10H18N2O. The summed E-state index contributed by atoms with van der Waals surface area (Å²) in [5.74, 6) is 0. The molecule has 0 unspecified atom stereocenters. The number of rotatable bonds is 3. The van der Waals surface area contributed by atoms with Gasteiger partial charge in [-0.3, -0.25) is 0 Å². The van der Waals surface area contributed by atoms with Crippen molar-refractivity contribution in [2.75, 3.05) is 6.54 Å². The van der Waals surface area contributed by atoms with Gasteiger partial charge in [-0.15, -0.1) is 0 Å². The molecule has 0 bridgehead atoms. The third-order valence-electron chi connectivity index (χ3n) is 2.95. The van der Waals surface area contributed by atoms with Crippen molar-refractivity contribution in [3.63, 3.8) is 0 Å². The molecule has 3 nitrogen and oxygen atoms in total. The maximum absolute atomic E-state index is 9.43. The van der Waals surface area contributed by atoms with Crippen molar-refractivity contribution in [2.45, 2.75) is 44.6 Å². The van der Waals surface area contributed by atoms with Crippen molar-refractivity contribution in [3.05, 3.63) is 0 Å². The third kappa shape index (κ3) is 2.68. The Kier molecular flexibility index (Phi) is 3.71. The Morgan fingerprint density at radius 1 is 1.38 bits per heavy atom. The van der Waals surface area contributed by atoms with Gasteiger partial charge in [-0.2, -0.15) is 5.26 Å². The Morgan fingerprint density at radius 2 is 2.00 bits per heavy atom. The van der Waals surface area contributed by atoms with E-state index in [9.17, 15) is 5.11 Å². The standard InChI is InChI=1S/C10H18N2O/c11-7-9(13)6-10(8-12)4-2-1-3-5-10/h9,13H,1-7,11H2/t9-/m0/s1. The summed E-state index contributed by atoms with van der Waals surface area (Å²) in [4.78, 5) is 0. The Morgan fingerprint density at radius 3 is 2.46 bits per heavy atom. The zero-order chi connectivity index (χ0) is 9.73. The monoisotopic (exact) mass is 182 g/mol. The number of aliphatic hydroxyl groups is 1. The lowest BCUT2D eigenvalue weighted by atomic mass is 9.72. The van der Waals surface area contributed by atoms with Gasteiger partial charge in [0, 0.05) is 6.54 Å². The number of hydrogen-bond acceptors (Lipinski definition) is 3. The minimum atomic E-state index is -0.502. The van der Waals surface area contributed by atoms with Crippen LogP contribution in [0.5, 0.6) is 0 Å². The number of nitrogens with zero attached hydrogens (tertiary/aromatic N) is 1. The summed E-state index contributed by atoms with van der Waals surface area (Å²) >= 11 is 0. The lowest BCUT2D eigenvalue weighted by Gasteiger charge is -2.32. The Bertz CT molecular complexity index is 192. The highest BCUT2D eigenvalue weighted by Gasteiger charge is 2.33. The summed E-state index contributed by atoms with van der Waals surface area (Å²) < 4.78 is 0. The maximum Gasteiger partial charge on any atom is 0.0690 e. The SMILES string of the molecule is N#CC1(C[C@H](O)CN)CCCCC1. The van der Waals surface area contributed by atoms with Gasteiger partial charge in [0.15, 0.2) is 0 Å². The van der Waals surface area contributed by atoms with Crippen molar-refractivity contribution in [2.24, 2.45) is 11.1 Å². The van der Waals surface area contributed by atoms with E-state index in [1.807, 2.05) is 0 Å². The van der Waals surface area contributed by atoms with E-state index in [-0.39, 0.29) is 12.0 Å². The summed E-state index contributed by atoms with van der Waals surface area (Å²) in [6.45, 7) is 0.267. The summed E-state index contributed by atoms with van der Waals surface area (Å²) in [5.41, 5.74) is 5.06. The van der Waals surface area contributed by atoms with Gasteiger partial charge < -0.3 is 10.8 Å². The number of nitriles is 1. The quantitative estimate of drug-likeness (QED) is 0.688. The predicted octanol–water partition coefficient (Wildman–Crippen LogP) is 1.17. The highest BCUT2D eigenvalue weighted by atomic mass is 16.3. The molecule has 1 aliphatic carbocycles. The van der Waals surface area contributed by atoms with Gasteiger partial charge in [-0.05, 0) is 19.3 Å². The maximum atomic E-state index is 9.43. The van der Waals surface area contributed by atoms with Crippen molar-refractivity contribution >= 4 is 0 Å². The van der Waals surface area contributed by atoms with Crippen LogP contribution in [0.2, 0.25) is 0 Å². The smallest absolute Gasteiger partial charge is 0.0690 e. The van der Waals surface area contributed by atoms with Crippen molar-refractivity contribution in [3.8, 4) is 6.07 Å². The van der Waals surface area contributed by atoms with E-state index in [0.717, 1.165) is 25.7 Å². The van der Waals surface area contributed by atoms with Gasteiger partial charge in [0.05, 0.1) is 17.6 Å². The van der Waals surface area contributed by atoms with Gasteiger partial charge in [-0.1, -0.05) is 19.3 Å². The van der Waals surface area contributed by atoms with Crippen molar-refractivity contribution < 1.29 is 5.11 Å². The first-order chi connectivity index (χ1) is 6.22. The van der Waals surface area contributed by atoms with Crippen LogP contribution in [0.4, 0.5) is 0 Å². The predicted molar refractivity (Wildman–Crippen MR) is 50.8 cm³/mol. The zero-order valence-electron chi connectivity index (χ0n) is 8.00. The molecule has 0 heterocycles. The fourth-order valence-corrected chi connectivity index (χ4v) is 2.12. The molecule has 0 aromatic carbocycles. The van der Waals surface area contributed by atoms with Crippen molar-refractivity contribution in [1.29, 1.82) is 5.26 Å². The average molecular weight is 182 g/mol. The fraction of sp³-hybridized carbons (Fsp3) is 0.900. The highest BCUT2D eigenvalue weighted by Crippen LogP contribution is 2.39. The van der Waals surface area contributed by atoms with Gasteiger partial charge in [-0.25, -0.2) is 0 Å². The molecule has 1 atom stereocenters. The second-order valence-corrected chi connectivity index (χ2v) is 4.05. The highest BCUT2D eigenvalue weighted by molar-refractivity contribution is 5.01. The number of nitrogens with two attached hydrogens (primary N) is 1. The first-order valence-electron chi connectivity index (χ1n) is 5.02. The topological polar surface area (TPSA) is 70.0 Å². The van der Waals surface area contributed by atoms with E-state index in [2.05, 4.69) is 6.07 Å². The van der Waals surface area contributed by atoms with Crippen LogP contribution in [0, 0.1) is 16.7 Å². The number of hydrogen-bond donors (Lipinski definition) is 2. The molecule has 1 aliphatic rings. The molecule has 1 fully saturated rings. The zero-order valence-corrected chi connectivity index (χ0v) is 8.00. The minimum Gasteiger partial charge on any atom is -0.392 e. The van der Waals surface area contributed by atoms with Gasteiger partial charge >= 0.3 is 0 Å². The van der Waals surface area contributed by atoms with Crippen LogP contribution >= 0.6 is 0 Å². The van der Waals surface area contributed by atoms with E-state index in [0.29, 0.717) is 6.42 Å². The Hall–Kier alpha value is -0.590. The lowest BCUT2D eigenvalue weighted by molar-refractivity contribution is 0.108. The Balaban J connectivity index is 2.53. The van der Waals surface area contributed by atoms with Crippen LogP contribution in [0.25, 0.3) is 0 Å². The Labute approximate surface area is 79.5 Å². The first-order valence-corrected chi connectivity index (χ1v) is 5.02. The molecule has 0 amide bonds. The van der Waals surface area contributed by atoms with E-state index in [1.165, 1.54) is 6.42 Å². The van der Waals surface area contributed by atoms with Crippen LogP contribution in [-0.4, -0.2) is 17.8 Å². The molecule has 0 aliphatic heterocycles. The molecule has 0 aromatic heterocycles. The third-order valence-corrected chi connectivity index (χ3v) is 2.95. The molecule has 0 saturated heterocycles. The fourth-order valence-electron chi connectivity index (χ4n) is 2.12. The molecule has 13 heavy (non-hydrogen) atoms. The summed E-state index contributed by atoms with van der Waals surface area (Å²) in [5, 5.41) is 18.5. The second kappa shape index (κ2) is 4.59. The first kappa shape index (κ1) is 10.5. The summed E-state index contributed by atoms with van der Waals surface area (Å²) in [6, 6.07) is 2.37. The van der Waals surface area contributed by atoms with Crippen LogP contribution < -0.4 is 5.73 Å². The van der Waals surface area contributed by atoms with E-state index < -0.39 is 6.10 Å².